The lowest BCUT2D eigenvalue weighted by Gasteiger charge is -2.08. The van der Waals surface area contributed by atoms with Crippen LogP contribution in [0, 0.1) is 13.8 Å². The van der Waals surface area contributed by atoms with Gasteiger partial charge in [0.25, 0.3) is 0 Å². The number of hydrogen-bond acceptors (Lipinski definition) is 3. The first-order valence-corrected chi connectivity index (χ1v) is 6.24. The number of hydrogen-bond donors (Lipinski definition) is 1. The predicted molar refractivity (Wildman–Crippen MR) is 71.1 cm³/mol. The van der Waals surface area contributed by atoms with Crippen LogP contribution in [0.2, 0.25) is 0 Å². The zero-order valence-corrected chi connectivity index (χ0v) is 11.7. The van der Waals surface area contributed by atoms with E-state index in [0.29, 0.717) is 0 Å². The lowest BCUT2D eigenvalue weighted by molar-refractivity contribution is 0.755. The van der Waals surface area contributed by atoms with Crippen LogP contribution in [0.4, 0.5) is 0 Å². The van der Waals surface area contributed by atoms with Crippen LogP contribution in [0.15, 0.2) is 22.7 Å². The highest BCUT2D eigenvalue weighted by atomic mass is 79.9. The lowest BCUT2D eigenvalue weighted by atomic mass is 10.2. The van der Waals surface area contributed by atoms with Gasteiger partial charge < -0.3 is 5.73 Å². The molecular weight excluding hydrogens is 280 g/mol. The molecule has 0 fully saturated rings. The summed E-state index contributed by atoms with van der Waals surface area (Å²) in [6.45, 7) is 5.95. The van der Waals surface area contributed by atoms with Crippen LogP contribution < -0.4 is 5.73 Å². The Morgan fingerprint density at radius 3 is 2.59 bits per heavy atom. The molecule has 1 heterocycles. The maximum Gasteiger partial charge on any atom is 0.102 e. The van der Waals surface area contributed by atoms with Gasteiger partial charge in [0.2, 0.25) is 0 Å². The van der Waals surface area contributed by atoms with Gasteiger partial charge >= 0.3 is 0 Å². The second-order valence-electron chi connectivity index (χ2n) is 4.19. The fourth-order valence-corrected chi connectivity index (χ4v) is 2.32. The average Bonchev–Trinajstić information content (AvgIpc) is 2.60. The predicted octanol–water partition coefficient (Wildman–Crippen LogP) is 2.67. The molecular formula is C12H15BrN4. The third-order valence-corrected chi connectivity index (χ3v) is 3.24. The molecule has 1 unspecified atom stereocenters. The summed E-state index contributed by atoms with van der Waals surface area (Å²) in [6, 6.07) is 5.97. The monoisotopic (exact) mass is 294 g/mol. The highest BCUT2D eigenvalue weighted by molar-refractivity contribution is 9.10. The largest absolute Gasteiger partial charge is 0.323 e. The number of benzene rings is 1. The van der Waals surface area contributed by atoms with Gasteiger partial charge in [-0.25, -0.2) is 4.68 Å². The van der Waals surface area contributed by atoms with E-state index >= 15 is 0 Å². The number of halogens is 1. The summed E-state index contributed by atoms with van der Waals surface area (Å²) in [5.74, 6) is 0. The van der Waals surface area contributed by atoms with Crippen molar-refractivity contribution in [3.8, 4) is 5.69 Å². The van der Waals surface area contributed by atoms with Crippen molar-refractivity contribution in [3.63, 3.8) is 0 Å². The summed E-state index contributed by atoms with van der Waals surface area (Å²) in [6.07, 6.45) is 0. The van der Waals surface area contributed by atoms with Gasteiger partial charge in [-0.05, 0) is 44.5 Å². The molecule has 0 aliphatic rings. The number of aromatic nitrogens is 3. The zero-order chi connectivity index (χ0) is 12.6. The SMILES string of the molecule is Cc1cc(Br)ccc1-n1nnc(C(C)N)c1C. The highest BCUT2D eigenvalue weighted by Crippen LogP contribution is 2.21. The molecule has 5 heteroatoms. The van der Waals surface area contributed by atoms with Crippen LogP contribution in [0.5, 0.6) is 0 Å². The van der Waals surface area contributed by atoms with Crippen LogP contribution in [-0.2, 0) is 0 Å². The van der Waals surface area contributed by atoms with Crippen molar-refractivity contribution in [2.75, 3.05) is 0 Å². The smallest absolute Gasteiger partial charge is 0.102 e. The van der Waals surface area contributed by atoms with Crippen molar-refractivity contribution in [3.05, 3.63) is 39.6 Å². The van der Waals surface area contributed by atoms with E-state index in [9.17, 15) is 0 Å². The molecule has 2 rings (SSSR count). The second-order valence-corrected chi connectivity index (χ2v) is 5.11. The van der Waals surface area contributed by atoms with Crippen molar-refractivity contribution in [2.24, 2.45) is 5.73 Å². The van der Waals surface area contributed by atoms with Gasteiger partial charge in [-0.3, -0.25) is 0 Å². The summed E-state index contributed by atoms with van der Waals surface area (Å²) in [5, 5.41) is 8.30. The summed E-state index contributed by atoms with van der Waals surface area (Å²) in [4.78, 5) is 0. The molecule has 0 spiro atoms. The Morgan fingerprint density at radius 2 is 2.06 bits per heavy atom. The first-order valence-electron chi connectivity index (χ1n) is 5.45. The second kappa shape index (κ2) is 4.58. The lowest BCUT2D eigenvalue weighted by Crippen LogP contribution is -2.08. The van der Waals surface area contributed by atoms with Gasteiger partial charge in [-0.2, -0.15) is 0 Å². The molecule has 0 saturated carbocycles. The fraction of sp³-hybridized carbons (Fsp3) is 0.333. The van der Waals surface area contributed by atoms with Gasteiger partial charge in [0.15, 0.2) is 0 Å². The Kier molecular flexibility index (Phi) is 3.31. The molecule has 1 aromatic carbocycles. The third kappa shape index (κ3) is 2.25. The quantitative estimate of drug-likeness (QED) is 0.926. The van der Waals surface area contributed by atoms with E-state index in [0.717, 1.165) is 27.1 Å². The molecule has 0 aliphatic carbocycles. The molecule has 1 aromatic heterocycles. The van der Waals surface area contributed by atoms with Crippen molar-refractivity contribution < 1.29 is 0 Å². The number of rotatable bonds is 2. The Bertz CT molecular complexity index is 545. The fourth-order valence-electron chi connectivity index (χ4n) is 1.85. The maximum absolute atomic E-state index is 5.84. The number of nitrogens with zero attached hydrogens (tertiary/aromatic N) is 3. The molecule has 2 N–H and O–H groups in total. The van der Waals surface area contributed by atoms with E-state index < -0.39 is 0 Å². The number of aryl methyl sites for hydroxylation is 1. The summed E-state index contributed by atoms with van der Waals surface area (Å²) < 4.78 is 2.89. The minimum Gasteiger partial charge on any atom is -0.323 e. The molecule has 17 heavy (non-hydrogen) atoms. The molecule has 0 amide bonds. The van der Waals surface area contributed by atoms with Crippen LogP contribution in [0.25, 0.3) is 5.69 Å². The standard InChI is InChI=1S/C12H15BrN4/c1-7-6-10(13)4-5-11(7)17-9(3)12(8(2)14)15-16-17/h4-6,8H,14H2,1-3H3. The Balaban J connectivity index is 2.54. The third-order valence-electron chi connectivity index (χ3n) is 2.75. The summed E-state index contributed by atoms with van der Waals surface area (Å²) in [7, 11) is 0. The van der Waals surface area contributed by atoms with E-state index in [1.807, 2.05) is 37.6 Å². The van der Waals surface area contributed by atoms with Gasteiger partial charge in [-0.1, -0.05) is 21.1 Å². The summed E-state index contributed by atoms with van der Waals surface area (Å²) in [5.41, 5.74) is 9.85. The highest BCUT2D eigenvalue weighted by Gasteiger charge is 2.14. The molecule has 0 aliphatic heterocycles. The van der Waals surface area contributed by atoms with E-state index in [2.05, 4.69) is 32.3 Å². The van der Waals surface area contributed by atoms with Gasteiger partial charge in [0.05, 0.1) is 11.4 Å². The Hall–Kier alpha value is -1.20. The van der Waals surface area contributed by atoms with Crippen molar-refractivity contribution in [1.82, 2.24) is 15.0 Å². The normalized spacial score (nSPS) is 12.8. The molecule has 0 radical (unpaired) electrons. The minimum absolute atomic E-state index is 0.0977. The topological polar surface area (TPSA) is 56.7 Å². The molecule has 0 bridgehead atoms. The van der Waals surface area contributed by atoms with Crippen LogP contribution >= 0.6 is 15.9 Å². The average molecular weight is 295 g/mol. The van der Waals surface area contributed by atoms with Crippen molar-refractivity contribution in [1.29, 1.82) is 0 Å². The van der Waals surface area contributed by atoms with Gasteiger partial charge in [0, 0.05) is 10.5 Å². The van der Waals surface area contributed by atoms with Crippen LogP contribution in [0.1, 0.15) is 29.9 Å². The molecule has 2 aromatic rings. The van der Waals surface area contributed by atoms with Crippen LogP contribution in [-0.4, -0.2) is 15.0 Å². The summed E-state index contributed by atoms with van der Waals surface area (Å²) >= 11 is 3.45. The molecule has 4 nitrogen and oxygen atoms in total. The maximum atomic E-state index is 5.84. The zero-order valence-electron chi connectivity index (χ0n) is 10.1. The van der Waals surface area contributed by atoms with Gasteiger partial charge in [-0.15, -0.1) is 5.10 Å². The van der Waals surface area contributed by atoms with E-state index in [1.54, 1.807) is 0 Å². The first kappa shape index (κ1) is 12.3. The molecule has 90 valence electrons. The first-order chi connectivity index (χ1) is 8.00. The van der Waals surface area contributed by atoms with E-state index in [-0.39, 0.29) is 6.04 Å². The van der Waals surface area contributed by atoms with Crippen molar-refractivity contribution in [2.45, 2.75) is 26.8 Å². The Labute approximate surface area is 109 Å². The molecule has 0 saturated heterocycles. The van der Waals surface area contributed by atoms with Crippen LogP contribution in [0.3, 0.4) is 0 Å². The van der Waals surface area contributed by atoms with E-state index in [1.165, 1.54) is 0 Å². The molecule has 1 atom stereocenters. The minimum atomic E-state index is -0.0977. The van der Waals surface area contributed by atoms with Crippen molar-refractivity contribution >= 4 is 15.9 Å². The Morgan fingerprint density at radius 1 is 1.35 bits per heavy atom. The number of nitrogens with two attached hydrogens (primary N) is 1. The van der Waals surface area contributed by atoms with Gasteiger partial charge in [0.1, 0.15) is 5.69 Å². The van der Waals surface area contributed by atoms with E-state index in [4.69, 9.17) is 5.73 Å².